The van der Waals surface area contributed by atoms with Crippen LogP contribution in [0.1, 0.15) is 5.56 Å². The Morgan fingerprint density at radius 3 is 2.59 bits per heavy atom. The van der Waals surface area contributed by atoms with Crippen molar-refractivity contribution in [1.82, 2.24) is 20.1 Å². The number of aromatic nitrogens is 3. The van der Waals surface area contributed by atoms with Crippen LogP contribution in [0, 0.1) is 5.82 Å². The normalized spacial score (nSPS) is 15.8. The number of halogens is 1. The number of hydrogen-bond acceptors (Lipinski definition) is 6. The van der Waals surface area contributed by atoms with Crippen LogP contribution in [0.5, 0.6) is 0 Å². The van der Waals surface area contributed by atoms with Gasteiger partial charge in [0.05, 0.1) is 6.20 Å². The maximum absolute atomic E-state index is 12.9. The first-order valence-corrected chi connectivity index (χ1v) is 7.32. The highest BCUT2D eigenvalue weighted by Gasteiger charge is 2.17. The molecule has 0 unspecified atom stereocenters. The highest BCUT2D eigenvalue weighted by atomic mass is 19.1. The van der Waals surface area contributed by atoms with Crippen molar-refractivity contribution in [3.63, 3.8) is 0 Å². The first-order valence-electron chi connectivity index (χ1n) is 7.32. The molecule has 6 nitrogen and oxygen atoms in total. The number of nitrogens with zero attached hydrogens (tertiary/aromatic N) is 5. The third-order valence-corrected chi connectivity index (χ3v) is 3.72. The third-order valence-electron chi connectivity index (χ3n) is 3.72. The van der Waals surface area contributed by atoms with Gasteiger partial charge in [0.2, 0.25) is 5.95 Å². The molecule has 3 rings (SSSR count). The monoisotopic (exact) mass is 302 g/mol. The molecule has 7 heteroatoms. The number of piperazine rings is 1. The minimum Gasteiger partial charge on any atom is -0.365 e. The summed E-state index contributed by atoms with van der Waals surface area (Å²) in [7, 11) is 2.11. The first-order chi connectivity index (χ1) is 10.7. The van der Waals surface area contributed by atoms with Gasteiger partial charge in [-0.15, -0.1) is 5.10 Å². The van der Waals surface area contributed by atoms with E-state index < -0.39 is 0 Å². The van der Waals surface area contributed by atoms with Gasteiger partial charge in [0.1, 0.15) is 5.82 Å². The molecule has 0 saturated carbocycles. The van der Waals surface area contributed by atoms with E-state index in [4.69, 9.17) is 0 Å². The van der Waals surface area contributed by atoms with Gasteiger partial charge in [-0.1, -0.05) is 12.1 Å². The summed E-state index contributed by atoms with van der Waals surface area (Å²) in [6.45, 7) is 4.37. The molecule has 1 N–H and O–H groups in total. The van der Waals surface area contributed by atoms with Crippen LogP contribution in [0.15, 0.2) is 30.5 Å². The average Bonchev–Trinajstić information content (AvgIpc) is 2.55. The van der Waals surface area contributed by atoms with Crippen LogP contribution in [0.3, 0.4) is 0 Å². The van der Waals surface area contributed by atoms with E-state index >= 15 is 0 Å². The molecule has 22 heavy (non-hydrogen) atoms. The number of likely N-dealkylation sites (N-methyl/N-ethyl adjacent to an activating group) is 1. The van der Waals surface area contributed by atoms with Crippen molar-refractivity contribution in [2.45, 2.75) is 6.54 Å². The number of anilines is 2. The number of nitrogens with one attached hydrogen (secondary N) is 1. The van der Waals surface area contributed by atoms with E-state index in [1.807, 2.05) is 0 Å². The van der Waals surface area contributed by atoms with Gasteiger partial charge < -0.3 is 15.1 Å². The number of benzene rings is 1. The second kappa shape index (κ2) is 6.65. The molecule has 1 aromatic heterocycles. The van der Waals surface area contributed by atoms with Gasteiger partial charge in [0.25, 0.3) is 0 Å². The number of rotatable bonds is 4. The first kappa shape index (κ1) is 14.6. The lowest BCUT2D eigenvalue weighted by Gasteiger charge is -2.32. The molecular formula is C15H19FN6. The lowest BCUT2D eigenvalue weighted by molar-refractivity contribution is 0.311. The van der Waals surface area contributed by atoms with E-state index in [0.717, 1.165) is 31.7 Å². The Bertz CT molecular complexity index is 610. The Morgan fingerprint density at radius 2 is 1.86 bits per heavy atom. The van der Waals surface area contributed by atoms with Crippen molar-refractivity contribution >= 4 is 11.8 Å². The lowest BCUT2D eigenvalue weighted by atomic mass is 10.2. The third kappa shape index (κ3) is 3.67. The molecule has 0 radical (unpaired) electrons. The van der Waals surface area contributed by atoms with E-state index in [2.05, 4.69) is 37.3 Å². The van der Waals surface area contributed by atoms with Crippen molar-refractivity contribution in [2.24, 2.45) is 0 Å². The van der Waals surface area contributed by atoms with Crippen molar-refractivity contribution in [3.8, 4) is 0 Å². The summed E-state index contributed by atoms with van der Waals surface area (Å²) in [4.78, 5) is 8.92. The highest BCUT2D eigenvalue weighted by molar-refractivity contribution is 5.40. The van der Waals surface area contributed by atoms with Gasteiger partial charge in [-0.2, -0.15) is 10.1 Å². The summed E-state index contributed by atoms with van der Waals surface area (Å²) >= 11 is 0. The Labute approximate surface area is 129 Å². The SMILES string of the molecule is CN1CCN(c2nncc(NCc3ccc(F)cc3)n2)CC1. The molecule has 0 amide bonds. The largest absolute Gasteiger partial charge is 0.365 e. The molecule has 116 valence electrons. The van der Waals surface area contributed by atoms with Crippen molar-refractivity contribution < 1.29 is 4.39 Å². The Kier molecular flexibility index (Phi) is 4.43. The zero-order chi connectivity index (χ0) is 15.4. The quantitative estimate of drug-likeness (QED) is 0.921. The fourth-order valence-electron chi connectivity index (χ4n) is 2.31. The topological polar surface area (TPSA) is 57.2 Å². The molecular weight excluding hydrogens is 283 g/mol. The molecule has 0 aliphatic carbocycles. The molecule has 2 aromatic rings. The van der Waals surface area contributed by atoms with Gasteiger partial charge in [-0.05, 0) is 24.7 Å². The number of hydrogen-bond donors (Lipinski definition) is 1. The van der Waals surface area contributed by atoms with Gasteiger partial charge >= 0.3 is 0 Å². The molecule has 1 aromatic carbocycles. The fourth-order valence-corrected chi connectivity index (χ4v) is 2.31. The van der Waals surface area contributed by atoms with Gasteiger partial charge in [-0.25, -0.2) is 4.39 Å². The van der Waals surface area contributed by atoms with Crippen LogP contribution in [0.4, 0.5) is 16.2 Å². The van der Waals surface area contributed by atoms with Crippen LogP contribution in [0.25, 0.3) is 0 Å². The predicted octanol–water partition coefficient (Wildman–Crippen LogP) is 1.37. The summed E-state index contributed by atoms with van der Waals surface area (Å²) in [5, 5.41) is 11.3. The van der Waals surface area contributed by atoms with Crippen LogP contribution in [-0.4, -0.2) is 53.3 Å². The maximum Gasteiger partial charge on any atom is 0.247 e. The Morgan fingerprint density at radius 1 is 1.14 bits per heavy atom. The second-order valence-electron chi connectivity index (χ2n) is 5.41. The van der Waals surface area contributed by atoms with Crippen LogP contribution in [0.2, 0.25) is 0 Å². The lowest BCUT2D eigenvalue weighted by Crippen LogP contribution is -2.45. The minimum atomic E-state index is -0.232. The van der Waals surface area contributed by atoms with Crippen molar-refractivity contribution in [3.05, 3.63) is 41.8 Å². The minimum absolute atomic E-state index is 0.232. The standard InChI is InChI=1S/C15H19FN6/c1-21-6-8-22(9-7-21)15-19-14(11-18-20-15)17-10-12-2-4-13(16)5-3-12/h2-5,11H,6-10H2,1H3,(H,17,19,20). The smallest absolute Gasteiger partial charge is 0.247 e. The zero-order valence-electron chi connectivity index (χ0n) is 12.5. The summed E-state index contributed by atoms with van der Waals surface area (Å²) in [5.74, 6) is 1.09. The van der Waals surface area contributed by atoms with Crippen LogP contribution in [-0.2, 0) is 6.54 Å². The van der Waals surface area contributed by atoms with E-state index in [-0.39, 0.29) is 5.82 Å². The summed E-state index contributed by atoms with van der Waals surface area (Å²) in [6, 6.07) is 6.40. The Balaban J connectivity index is 1.62. The predicted molar refractivity (Wildman–Crippen MR) is 83.3 cm³/mol. The summed E-state index contributed by atoms with van der Waals surface area (Å²) < 4.78 is 12.9. The van der Waals surface area contributed by atoms with Gasteiger partial charge in [0.15, 0.2) is 5.82 Å². The molecule has 0 spiro atoms. The van der Waals surface area contributed by atoms with E-state index in [9.17, 15) is 4.39 Å². The summed E-state index contributed by atoms with van der Waals surface area (Å²) in [6.07, 6.45) is 1.60. The van der Waals surface area contributed by atoms with Gasteiger partial charge in [-0.3, -0.25) is 0 Å². The van der Waals surface area contributed by atoms with E-state index in [1.54, 1.807) is 18.3 Å². The zero-order valence-corrected chi connectivity index (χ0v) is 12.5. The Hall–Kier alpha value is -2.28. The summed E-state index contributed by atoms with van der Waals surface area (Å²) in [5.41, 5.74) is 0.987. The van der Waals surface area contributed by atoms with E-state index in [1.165, 1.54) is 12.1 Å². The van der Waals surface area contributed by atoms with Gasteiger partial charge in [0, 0.05) is 32.7 Å². The second-order valence-corrected chi connectivity index (χ2v) is 5.41. The van der Waals surface area contributed by atoms with E-state index in [0.29, 0.717) is 18.3 Å². The molecule has 0 atom stereocenters. The van der Waals surface area contributed by atoms with Crippen LogP contribution >= 0.6 is 0 Å². The molecule has 1 fully saturated rings. The molecule has 1 aliphatic heterocycles. The molecule has 2 heterocycles. The maximum atomic E-state index is 12.9. The van der Waals surface area contributed by atoms with Crippen molar-refractivity contribution in [2.75, 3.05) is 43.4 Å². The fraction of sp³-hybridized carbons (Fsp3) is 0.400. The molecule has 1 aliphatic rings. The molecule has 0 bridgehead atoms. The van der Waals surface area contributed by atoms with Crippen molar-refractivity contribution in [1.29, 1.82) is 0 Å². The van der Waals surface area contributed by atoms with Crippen LogP contribution < -0.4 is 10.2 Å². The molecule has 1 saturated heterocycles. The highest BCUT2D eigenvalue weighted by Crippen LogP contribution is 2.12. The average molecular weight is 302 g/mol.